The van der Waals surface area contributed by atoms with E-state index < -0.39 is 17.5 Å². The van der Waals surface area contributed by atoms with Crippen LogP contribution in [0.5, 0.6) is 0 Å². The summed E-state index contributed by atoms with van der Waals surface area (Å²) in [6.07, 6.45) is 0.462. The number of carbonyl (C=O) groups excluding carboxylic acids is 2. The largest absolute Gasteiger partial charge is 0.462 e. The standard InChI is InChI=1S/C24H30N4O5/c1-6-16-19(22(29)31-7-2)17(26-20(16)23(30)33-24(3,4)5)13-25-14-18-27-28-21(32-18)15-11-9-8-10-12-15/h8-12,25-26H,6-7,13-14H2,1-5H3. The van der Waals surface area contributed by atoms with Crippen LogP contribution in [-0.2, 0) is 29.0 Å². The third kappa shape index (κ3) is 6.07. The van der Waals surface area contributed by atoms with Crippen molar-refractivity contribution >= 4 is 11.9 Å². The number of benzene rings is 1. The topological polar surface area (TPSA) is 119 Å². The maximum atomic E-state index is 12.8. The van der Waals surface area contributed by atoms with Crippen LogP contribution in [0.4, 0.5) is 0 Å². The van der Waals surface area contributed by atoms with Crippen LogP contribution in [0.15, 0.2) is 34.7 Å². The predicted octanol–water partition coefficient (Wildman–Crippen LogP) is 4.05. The predicted molar refractivity (Wildman–Crippen MR) is 122 cm³/mol. The molecule has 176 valence electrons. The van der Waals surface area contributed by atoms with Gasteiger partial charge in [0.05, 0.1) is 18.7 Å². The Morgan fingerprint density at radius 2 is 1.79 bits per heavy atom. The first-order chi connectivity index (χ1) is 15.7. The molecule has 0 radical (unpaired) electrons. The molecule has 0 atom stereocenters. The molecule has 0 amide bonds. The first kappa shape index (κ1) is 24.2. The summed E-state index contributed by atoms with van der Waals surface area (Å²) in [4.78, 5) is 28.5. The van der Waals surface area contributed by atoms with Crippen LogP contribution in [0.2, 0.25) is 0 Å². The van der Waals surface area contributed by atoms with Gasteiger partial charge in [-0.15, -0.1) is 10.2 Å². The number of nitrogens with zero attached hydrogens (tertiary/aromatic N) is 2. The number of esters is 2. The van der Waals surface area contributed by atoms with E-state index in [9.17, 15) is 9.59 Å². The van der Waals surface area contributed by atoms with Gasteiger partial charge in [0.2, 0.25) is 11.8 Å². The first-order valence-electron chi connectivity index (χ1n) is 11.0. The Kier molecular flexibility index (Phi) is 7.65. The Balaban J connectivity index is 1.79. The molecule has 2 N–H and O–H groups in total. The van der Waals surface area contributed by atoms with Crippen molar-refractivity contribution in [2.75, 3.05) is 6.61 Å². The van der Waals surface area contributed by atoms with Crippen molar-refractivity contribution in [3.63, 3.8) is 0 Å². The molecule has 3 rings (SSSR count). The Morgan fingerprint density at radius 3 is 2.42 bits per heavy atom. The zero-order valence-corrected chi connectivity index (χ0v) is 19.7. The molecule has 0 saturated heterocycles. The highest BCUT2D eigenvalue weighted by Gasteiger charge is 2.29. The maximum absolute atomic E-state index is 12.8. The molecule has 0 aliphatic carbocycles. The molecule has 0 aliphatic rings. The highest BCUT2D eigenvalue weighted by molar-refractivity contribution is 5.99. The third-order valence-electron chi connectivity index (χ3n) is 4.68. The number of aromatic nitrogens is 3. The van der Waals surface area contributed by atoms with Gasteiger partial charge in [-0.1, -0.05) is 25.1 Å². The number of nitrogens with one attached hydrogen (secondary N) is 2. The molecule has 3 aromatic rings. The number of hydrogen-bond acceptors (Lipinski definition) is 8. The summed E-state index contributed by atoms with van der Waals surface area (Å²) in [5.41, 5.74) is 1.89. The van der Waals surface area contributed by atoms with Gasteiger partial charge < -0.3 is 24.2 Å². The lowest BCUT2D eigenvalue weighted by atomic mass is 10.1. The lowest BCUT2D eigenvalue weighted by molar-refractivity contribution is 0.00621. The third-order valence-corrected chi connectivity index (χ3v) is 4.68. The number of carbonyl (C=O) groups is 2. The van der Waals surface area contributed by atoms with Gasteiger partial charge in [-0.2, -0.15) is 0 Å². The number of aromatic amines is 1. The Morgan fingerprint density at radius 1 is 1.06 bits per heavy atom. The number of rotatable bonds is 9. The van der Waals surface area contributed by atoms with Gasteiger partial charge in [-0.3, -0.25) is 0 Å². The summed E-state index contributed by atoms with van der Waals surface area (Å²) in [5, 5.41) is 11.3. The van der Waals surface area contributed by atoms with E-state index in [2.05, 4.69) is 20.5 Å². The zero-order valence-electron chi connectivity index (χ0n) is 19.7. The molecular formula is C24H30N4O5. The summed E-state index contributed by atoms with van der Waals surface area (Å²) >= 11 is 0. The van der Waals surface area contributed by atoms with Crippen LogP contribution in [0.1, 0.15) is 72.6 Å². The minimum atomic E-state index is -0.663. The van der Waals surface area contributed by atoms with Crippen molar-refractivity contribution in [3.8, 4) is 11.5 Å². The monoisotopic (exact) mass is 454 g/mol. The second kappa shape index (κ2) is 10.4. The zero-order chi connectivity index (χ0) is 24.0. The van der Waals surface area contributed by atoms with E-state index in [1.165, 1.54) is 0 Å². The SMILES string of the molecule is CCOC(=O)c1c(CNCc2nnc(-c3ccccc3)o2)[nH]c(C(=O)OC(C)(C)C)c1CC. The van der Waals surface area contributed by atoms with Crippen molar-refractivity contribution in [3.05, 3.63) is 58.7 Å². The molecule has 9 nitrogen and oxygen atoms in total. The van der Waals surface area contributed by atoms with Gasteiger partial charge in [-0.05, 0) is 51.8 Å². The van der Waals surface area contributed by atoms with Crippen LogP contribution in [0.25, 0.3) is 11.5 Å². The van der Waals surface area contributed by atoms with Gasteiger partial charge in [-0.25, -0.2) is 9.59 Å². The fraction of sp³-hybridized carbons (Fsp3) is 0.417. The lowest BCUT2D eigenvalue weighted by Gasteiger charge is -2.19. The second-order valence-corrected chi connectivity index (χ2v) is 8.38. The average molecular weight is 455 g/mol. The molecule has 0 saturated carbocycles. The molecule has 0 bridgehead atoms. The van der Waals surface area contributed by atoms with Crippen LogP contribution in [0, 0.1) is 0 Å². The van der Waals surface area contributed by atoms with Gasteiger partial charge in [0, 0.05) is 17.8 Å². The molecular weight excluding hydrogens is 424 g/mol. The number of H-pyrrole nitrogens is 1. The van der Waals surface area contributed by atoms with Gasteiger partial charge in [0.1, 0.15) is 11.3 Å². The van der Waals surface area contributed by atoms with Crippen LogP contribution < -0.4 is 5.32 Å². The number of hydrogen-bond donors (Lipinski definition) is 2. The molecule has 9 heteroatoms. The minimum Gasteiger partial charge on any atom is -0.462 e. The van der Waals surface area contributed by atoms with E-state index in [4.69, 9.17) is 13.9 Å². The Hall–Kier alpha value is -3.46. The molecule has 2 heterocycles. The van der Waals surface area contributed by atoms with Crippen LogP contribution in [0.3, 0.4) is 0 Å². The molecule has 1 aromatic carbocycles. The van der Waals surface area contributed by atoms with E-state index >= 15 is 0 Å². The van der Waals surface area contributed by atoms with Crippen molar-refractivity contribution in [2.45, 2.75) is 59.7 Å². The summed E-state index contributed by atoms with van der Waals surface area (Å²) in [7, 11) is 0. The molecule has 33 heavy (non-hydrogen) atoms. The van der Waals surface area contributed by atoms with E-state index in [1.54, 1.807) is 27.7 Å². The Labute approximate surface area is 192 Å². The summed E-state index contributed by atoms with van der Waals surface area (Å²) in [5.74, 6) is -0.164. The second-order valence-electron chi connectivity index (χ2n) is 8.38. The molecule has 0 fully saturated rings. The molecule has 0 unspecified atom stereocenters. The summed E-state index contributed by atoms with van der Waals surface area (Å²) in [6, 6.07) is 9.48. The maximum Gasteiger partial charge on any atom is 0.355 e. The van der Waals surface area contributed by atoms with Crippen LogP contribution in [-0.4, -0.2) is 39.3 Å². The average Bonchev–Trinajstić information content (AvgIpc) is 3.38. The van der Waals surface area contributed by atoms with Crippen molar-refractivity contribution < 1.29 is 23.5 Å². The van der Waals surface area contributed by atoms with Crippen LogP contribution >= 0.6 is 0 Å². The van der Waals surface area contributed by atoms with E-state index in [-0.39, 0.29) is 25.4 Å². The molecule has 0 spiro atoms. The van der Waals surface area contributed by atoms with E-state index in [1.807, 2.05) is 37.3 Å². The quantitative estimate of drug-likeness (QED) is 0.465. The van der Waals surface area contributed by atoms with Crippen molar-refractivity contribution in [2.24, 2.45) is 0 Å². The highest BCUT2D eigenvalue weighted by Crippen LogP contribution is 2.24. The minimum absolute atomic E-state index is 0.228. The van der Waals surface area contributed by atoms with E-state index in [0.717, 1.165) is 5.56 Å². The van der Waals surface area contributed by atoms with E-state index in [0.29, 0.717) is 35.0 Å². The molecule has 0 aliphatic heterocycles. The fourth-order valence-electron chi connectivity index (χ4n) is 3.35. The van der Waals surface area contributed by atoms with Gasteiger partial charge in [0.25, 0.3) is 0 Å². The summed E-state index contributed by atoms with van der Waals surface area (Å²) < 4.78 is 16.5. The fourth-order valence-corrected chi connectivity index (χ4v) is 3.35. The smallest absolute Gasteiger partial charge is 0.355 e. The van der Waals surface area contributed by atoms with Gasteiger partial charge in [0.15, 0.2) is 0 Å². The highest BCUT2D eigenvalue weighted by atomic mass is 16.6. The normalized spacial score (nSPS) is 11.4. The molecule has 2 aromatic heterocycles. The number of ether oxygens (including phenoxy) is 2. The lowest BCUT2D eigenvalue weighted by Crippen LogP contribution is -2.24. The van der Waals surface area contributed by atoms with Crippen molar-refractivity contribution in [1.29, 1.82) is 0 Å². The summed E-state index contributed by atoms with van der Waals surface area (Å²) in [6.45, 7) is 9.76. The first-order valence-corrected chi connectivity index (χ1v) is 11.0. The Bertz CT molecular complexity index is 1100. The van der Waals surface area contributed by atoms with Crippen molar-refractivity contribution in [1.82, 2.24) is 20.5 Å². The van der Waals surface area contributed by atoms with Gasteiger partial charge >= 0.3 is 11.9 Å².